The number of carbonyl (C=O) groups excluding carboxylic acids is 1. The van der Waals surface area contributed by atoms with Crippen LogP contribution < -0.4 is 10.1 Å². The zero-order chi connectivity index (χ0) is 20.7. The molecule has 0 atom stereocenters. The maximum absolute atomic E-state index is 13.0. The standard InChI is InChI=1S/C21H18ClN3O3S/c1-10-8-14(16(27-4)9-13(10)22)24-20(26)18-11(2)17-12(3)23-19(25-21(17)29-18)15-6-5-7-28-15/h5-9H,1-4H3,(H,24,26). The molecule has 0 aliphatic carbocycles. The monoisotopic (exact) mass is 427 g/mol. The molecule has 3 heterocycles. The van der Waals surface area contributed by atoms with Gasteiger partial charge < -0.3 is 14.5 Å². The van der Waals surface area contributed by atoms with Crippen LogP contribution in [0.4, 0.5) is 5.69 Å². The van der Waals surface area contributed by atoms with Crippen molar-refractivity contribution < 1.29 is 13.9 Å². The number of nitrogens with zero attached hydrogens (tertiary/aromatic N) is 2. The van der Waals surface area contributed by atoms with Crippen molar-refractivity contribution in [1.82, 2.24) is 9.97 Å². The van der Waals surface area contributed by atoms with E-state index >= 15 is 0 Å². The lowest BCUT2D eigenvalue weighted by Crippen LogP contribution is -2.12. The highest BCUT2D eigenvalue weighted by atomic mass is 35.5. The maximum Gasteiger partial charge on any atom is 0.266 e. The molecule has 8 heteroatoms. The van der Waals surface area contributed by atoms with Crippen LogP contribution in [-0.2, 0) is 0 Å². The van der Waals surface area contributed by atoms with E-state index in [0.717, 1.165) is 27.0 Å². The Balaban J connectivity index is 1.74. The van der Waals surface area contributed by atoms with E-state index in [9.17, 15) is 4.79 Å². The molecule has 1 N–H and O–H groups in total. The molecule has 0 saturated heterocycles. The molecule has 29 heavy (non-hydrogen) atoms. The third-order valence-corrected chi connectivity index (χ3v) is 6.24. The molecule has 4 rings (SSSR count). The number of hydrogen-bond acceptors (Lipinski definition) is 6. The van der Waals surface area contributed by atoms with E-state index in [1.54, 1.807) is 24.5 Å². The summed E-state index contributed by atoms with van der Waals surface area (Å²) >= 11 is 7.48. The number of amides is 1. The van der Waals surface area contributed by atoms with Crippen molar-refractivity contribution in [1.29, 1.82) is 0 Å². The molecule has 0 radical (unpaired) electrons. The van der Waals surface area contributed by atoms with Crippen molar-refractivity contribution in [2.45, 2.75) is 20.8 Å². The number of furan rings is 1. The van der Waals surface area contributed by atoms with Gasteiger partial charge in [0.1, 0.15) is 10.6 Å². The Morgan fingerprint density at radius 3 is 2.72 bits per heavy atom. The Labute approximate surface area is 176 Å². The normalized spacial score (nSPS) is 11.1. The Bertz CT molecular complexity index is 1230. The predicted octanol–water partition coefficient (Wildman–Crippen LogP) is 5.79. The number of fused-ring (bicyclic) bond motifs is 1. The molecule has 0 aliphatic rings. The first-order chi connectivity index (χ1) is 13.9. The van der Waals surface area contributed by atoms with Crippen molar-refractivity contribution >= 4 is 44.7 Å². The van der Waals surface area contributed by atoms with Gasteiger partial charge in [-0.25, -0.2) is 9.97 Å². The van der Waals surface area contributed by atoms with E-state index in [-0.39, 0.29) is 5.91 Å². The number of aromatic nitrogens is 2. The van der Waals surface area contributed by atoms with Crippen molar-refractivity contribution in [3.8, 4) is 17.3 Å². The first kappa shape index (κ1) is 19.4. The predicted molar refractivity (Wildman–Crippen MR) is 115 cm³/mol. The van der Waals surface area contributed by atoms with E-state index in [4.69, 9.17) is 20.8 Å². The first-order valence-electron chi connectivity index (χ1n) is 8.86. The van der Waals surface area contributed by atoms with Gasteiger partial charge in [-0.05, 0) is 50.1 Å². The third-order valence-electron chi connectivity index (χ3n) is 4.65. The average molecular weight is 428 g/mol. The number of carbonyl (C=O) groups is 1. The molecule has 4 aromatic rings. The Hall–Kier alpha value is -2.90. The molecule has 0 fully saturated rings. The molecule has 0 bridgehead atoms. The van der Waals surface area contributed by atoms with Crippen LogP contribution >= 0.6 is 22.9 Å². The molecule has 0 aliphatic heterocycles. The molecule has 6 nitrogen and oxygen atoms in total. The Morgan fingerprint density at radius 2 is 2.03 bits per heavy atom. The van der Waals surface area contributed by atoms with E-state index in [1.807, 2.05) is 26.8 Å². The minimum Gasteiger partial charge on any atom is -0.495 e. The highest BCUT2D eigenvalue weighted by Gasteiger charge is 2.21. The van der Waals surface area contributed by atoms with Crippen LogP contribution in [0.3, 0.4) is 0 Å². The lowest BCUT2D eigenvalue weighted by atomic mass is 10.1. The van der Waals surface area contributed by atoms with Crippen LogP contribution in [0.25, 0.3) is 21.8 Å². The van der Waals surface area contributed by atoms with E-state index in [0.29, 0.717) is 32.9 Å². The fourth-order valence-electron chi connectivity index (χ4n) is 3.18. The number of thiophene rings is 1. The summed E-state index contributed by atoms with van der Waals surface area (Å²) in [7, 11) is 1.54. The van der Waals surface area contributed by atoms with Crippen molar-refractivity contribution in [3.05, 3.63) is 57.2 Å². The summed E-state index contributed by atoms with van der Waals surface area (Å²) in [6.07, 6.45) is 1.58. The summed E-state index contributed by atoms with van der Waals surface area (Å²) in [5, 5.41) is 4.39. The van der Waals surface area contributed by atoms with Gasteiger partial charge in [0.2, 0.25) is 0 Å². The van der Waals surface area contributed by atoms with Crippen LogP contribution in [0.15, 0.2) is 34.9 Å². The maximum atomic E-state index is 13.0. The highest BCUT2D eigenvalue weighted by Crippen LogP contribution is 2.35. The van der Waals surface area contributed by atoms with E-state index in [2.05, 4.69) is 15.3 Å². The van der Waals surface area contributed by atoms with Crippen LogP contribution in [0.5, 0.6) is 5.75 Å². The number of ether oxygens (including phenoxy) is 1. The second-order valence-corrected chi connectivity index (χ2v) is 8.01. The molecule has 0 spiro atoms. The number of hydrogen-bond donors (Lipinski definition) is 1. The van der Waals surface area contributed by atoms with Gasteiger partial charge in [0, 0.05) is 16.5 Å². The number of methoxy groups -OCH3 is 1. The number of rotatable bonds is 4. The lowest BCUT2D eigenvalue weighted by molar-refractivity contribution is 0.102. The quantitative estimate of drug-likeness (QED) is 0.446. The van der Waals surface area contributed by atoms with Gasteiger partial charge in [-0.15, -0.1) is 11.3 Å². The van der Waals surface area contributed by atoms with Gasteiger partial charge in [-0.3, -0.25) is 4.79 Å². The topological polar surface area (TPSA) is 77.2 Å². The van der Waals surface area contributed by atoms with Gasteiger partial charge in [0.15, 0.2) is 11.6 Å². The van der Waals surface area contributed by atoms with Crippen LogP contribution in [-0.4, -0.2) is 23.0 Å². The van der Waals surface area contributed by atoms with E-state index < -0.39 is 0 Å². The smallest absolute Gasteiger partial charge is 0.266 e. The van der Waals surface area contributed by atoms with Gasteiger partial charge in [0.25, 0.3) is 5.91 Å². The first-order valence-corrected chi connectivity index (χ1v) is 10.1. The second kappa shape index (κ2) is 7.50. The number of aryl methyl sites for hydroxylation is 3. The highest BCUT2D eigenvalue weighted by molar-refractivity contribution is 7.20. The summed E-state index contributed by atoms with van der Waals surface area (Å²) in [5.74, 6) is 1.37. The molecule has 0 saturated carbocycles. The van der Waals surface area contributed by atoms with Crippen LogP contribution in [0.1, 0.15) is 26.5 Å². The molecule has 1 amide bonds. The number of halogens is 1. The largest absolute Gasteiger partial charge is 0.495 e. The average Bonchev–Trinajstić information content (AvgIpc) is 3.33. The summed E-state index contributed by atoms with van der Waals surface area (Å²) in [6, 6.07) is 7.08. The molecule has 3 aromatic heterocycles. The molecular formula is C21H18ClN3O3S. The van der Waals surface area contributed by atoms with Crippen molar-refractivity contribution in [3.63, 3.8) is 0 Å². The van der Waals surface area contributed by atoms with Crippen molar-refractivity contribution in [2.24, 2.45) is 0 Å². The molecule has 0 unspecified atom stereocenters. The minimum atomic E-state index is -0.232. The van der Waals surface area contributed by atoms with Gasteiger partial charge in [-0.2, -0.15) is 0 Å². The summed E-state index contributed by atoms with van der Waals surface area (Å²) in [4.78, 5) is 23.5. The number of benzene rings is 1. The lowest BCUT2D eigenvalue weighted by Gasteiger charge is -2.12. The van der Waals surface area contributed by atoms with E-state index in [1.165, 1.54) is 18.4 Å². The summed E-state index contributed by atoms with van der Waals surface area (Å²) in [5.41, 5.74) is 3.06. The second-order valence-electron chi connectivity index (χ2n) is 6.60. The molecule has 1 aromatic carbocycles. The fourth-order valence-corrected chi connectivity index (χ4v) is 4.46. The van der Waals surface area contributed by atoms with Gasteiger partial charge in [0.05, 0.1) is 29.6 Å². The Kier molecular flexibility index (Phi) is 5.02. The zero-order valence-electron chi connectivity index (χ0n) is 16.3. The number of nitrogens with one attached hydrogen (secondary N) is 1. The SMILES string of the molecule is COc1cc(Cl)c(C)cc1NC(=O)c1sc2nc(-c3ccco3)nc(C)c2c1C. The summed E-state index contributed by atoms with van der Waals surface area (Å²) < 4.78 is 10.8. The Morgan fingerprint density at radius 1 is 1.24 bits per heavy atom. The fraction of sp³-hybridized carbons (Fsp3) is 0.190. The summed E-state index contributed by atoms with van der Waals surface area (Å²) in [6.45, 7) is 5.68. The minimum absolute atomic E-state index is 0.232. The van der Waals surface area contributed by atoms with Crippen LogP contribution in [0, 0.1) is 20.8 Å². The van der Waals surface area contributed by atoms with Gasteiger partial charge >= 0.3 is 0 Å². The van der Waals surface area contributed by atoms with Crippen LogP contribution in [0.2, 0.25) is 5.02 Å². The zero-order valence-corrected chi connectivity index (χ0v) is 17.9. The number of anilines is 1. The molecule has 148 valence electrons. The van der Waals surface area contributed by atoms with Crippen molar-refractivity contribution in [2.75, 3.05) is 12.4 Å². The van der Waals surface area contributed by atoms with Gasteiger partial charge in [-0.1, -0.05) is 11.6 Å². The third kappa shape index (κ3) is 3.47. The molecular weight excluding hydrogens is 410 g/mol.